The van der Waals surface area contributed by atoms with Crippen LogP contribution < -0.4 is 4.90 Å². The monoisotopic (exact) mass is 378 g/mol. The van der Waals surface area contributed by atoms with Gasteiger partial charge in [0, 0.05) is 62.8 Å². The van der Waals surface area contributed by atoms with E-state index in [1.165, 1.54) is 0 Å². The lowest BCUT2D eigenvalue weighted by Crippen LogP contribution is -2.52. The van der Waals surface area contributed by atoms with E-state index in [0.717, 1.165) is 5.69 Å². The molecular weight excluding hydrogens is 356 g/mol. The largest absolute Gasteiger partial charge is 0.339 e. The van der Waals surface area contributed by atoms with Crippen molar-refractivity contribution >= 4 is 23.4 Å². The van der Waals surface area contributed by atoms with Crippen molar-refractivity contribution in [2.75, 3.05) is 37.6 Å². The van der Waals surface area contributed by atoms with Gasteiger partial charge in [-0.2, -0.15) is 0 Å². The van der Waals surface area contributed by atoms with Gasteiger partial charge in [0.25, 0.3) is 5.91 Å². The van der Waals surface area contributed by atoms with Gasteiger partial charge in [-0.25, -0.2) is 0 Å². The van der Waals surface area contributed by atoms with Gasteiger partial charge in [0.2, 0.25) is 11.8 Å². The molecule has 2 aliphatic rings. The summed E-state index contributed by atoms with van der Waals surface area (Å²) in [5.41, 5.74) is 1.44. The first-order chi connectivity index (χ1) is 13.6. The number of para-hydroxylation sites is 1. The number of carbonyl (C=O) groups is 3. The summed E-state index contributed by atoms with van der Waals surface area (Å²) in [6, 6.07) is 12.8. The van der Waals surface area contributed by atoms with Crippen molar-refractivity contribution < 1.29 is 14.4 Å². The first-order valence-corrected chi connectivity index (χ1v) is 9.47. The zero-order chi connectivity index (χ0) is 19.5. The molecule has 1 aromatic heterocycles. The fraction of sp³-hybridized carbons (Fsp3) is 0.333. The Hall–Kier alpha value is -3.22. The minimum absolute atomic E-state index is 0.00258. The van der Waals surface area contributed by atoms with Crippen LogP contribution in [0.4, 0.5) is 5.69 Å². The molecule has 1 atom stereocenters. The lowest BCUT2D eigenvalue weighted by atomic mass is 10.1. The van der Waals surface area contributed by atoms with E-state index in [0.29, 0.717) is 38.3 Å². The summed E-state index contributed by atoms with van der Waals surface area (Å²) in [6.07, 6.45) is 3.44. The summed E-state index contributed by atoms with van der Waals surface area (Å²) in [5.74, 6) is -0.380. The van der Waals surface area contributed by atoms with Gasteiger partial charge in [0.15, 0.2) is 0 Å². The summed E-state index contributed by atoms with van der Waals surface area (Å²) in [7, 11) is 0. The highest BCUT2D eigenvalue weighted by atomic mass is 16.2. The zero-order valence-electron chi connectivity index (χ0n) is 15.5. The van der Waals surface area contributed by atoms with Crippen LogP contribution in [0.3, 0.4) is 0 Å². The van der Waals surface area contributed by atoms with E-state index in [2.05, 4.69) is 4.98 Å². The SMILES string of the molecule is O=C(c1ccncc1)N1CCN(C(=O)[C@@H]2CC(=O)N(c3ccccc3)C2)CC1. The average molecular weight is 378 g/mol. The van der Waals surface area contributed by atoms with Crippen LogP contribution in [0.5, 0.6) is 0 Å². The van der Waals surface area contributed by atoms with Crippen LogP contribution in [-0.2, 0) is 9.59 Å². The third-order valence-electron chi connectivity index (χ3n) is 5.35. The van der Waals surface area contributed by atoms with E-state index in [4.69, 9.17) is 0 Å². The van der Waals surface area contributed by atoms with Gasteiger partial charge in [-0.3, -0.25) is 19.4 Å². The molecule has 7 nitrogen and oxygen atoms in total. The summed E-state index contributed by atoms with van der Waals surface area (Å²) in [5, 5.41) is 0. The molecule has 4 rings (SSSR count). The van der Waals surface area contributed by atoms with Crippen LogP contribution in [-0.4, -0.2) is 65.2 Å². The number of hydrogen-bond donors (Lipinski definition) is 0. The highest BCUT2D eigenvalue weighted by Crippen LogP contribution is 2.26. The standard InChI is InChI=1S/C21H22N4O3/c26-19-14-17(15-25(19)18-4-2-1-3-5-18)21(28)24-12-10-23(11-13-24)20(27)16-6-8-22-9-7-16/h1-9,17H,10-15H2/t17-/m1/s1. The quantitative estimate of drug-likeness (QED) is 0.810. The highest BCUT2D eigenvalue weighted by molar-refractivity contribution is 6.00. The maximum atomic E-state index is 12.9. The van der Waals surface area contributed by atoms with Crippen molar-refractivity contribution in [3.63, 3.8) is 0 Å². The minimum atomic E-state index is -0.324. The predicted octanol–water partition coefficient (Wildman–Crippen LogP) is 1.42. The number of aromatic nitrogens is 1. The summed E-state index contributed by atoms with van der Waals surface area (Å²) < 4.78 is 0. The van der Waals surface area contributed by atoms with Gasteiger partial charge in [-0.05, 0) is 24.3 Å². The Kier molecular flexibility index (Phi) is 5.06. The Bertz CT molecular complexity index is 864. The smallest absolute Gasteiger partial charge is 0.254 e. The second-order valence-electron chi connectivity index (χ2n) is 7.09. The summed E-state index contributed by atoms with van der Waals surface area (Å²) in [6.45, 7) is 2.39. The van der Waals surface area contributed by atoms with E-state index in [1.807, 2.05) is 30.3 Å². The Morgan fingerprint density at radius 3 is 2.21 bits per heavy atom. The molecule has 2 saturated heterocycles. The van der Waals surface area contributed by atoms with E-state index in [-0.39, 0.29) is 30.1 Å². The van der Waals surface area contributed by atoms with Gasteiger partial charge < -0.3 is 14.7 Å². The number of anilines is 1. The molecule has 3 amide bonds. The van der Waals surface area contributed by atoms with Crippen molar-refractivity contribution in [1.82, 2.24) is 14.8 Å². The zero-order valence-corrected chi connectivity index (χ0v) is 15.5. The second-order valence-corrected chi connectivity index (χ2v) is 7.09. The molecule has 0 radical (unpaired) electrons. The van der Waals surface area contributed by atoms with Crippen LogP contribution >= 0.6 is 0 Å². The summed E-state index contributed by atoms with van der Waals surface area (Å²) in [4.78, 5) is 46.9. The molecule has 1 aromatic carbocycles. The van der Waals surface area contributed by atoms with Gasteiger partial charge in [0.05, 0.1) is 5.92 Å². The fourth-order valence-electron chi connectivity index (χ4n) is 3.80. The predicted molar refractivity (Wildman–Crippen MR) is 104 cm³/mol. The second kappa shape index (κ2) is 7.80. The van der Waals surface area contributed by atoms with Crippen LogP contribution in [0.15, 0.2) is 54.9 Å². The molecule has 2 aromatic rings. The van der Waals surface area contributed by atoms with Gasteiger partial charge in [0.1, 0.15) is 0 Å². The first kappa shape index (κ1) is 18.2. The highest BCUT2D eigenvalue weighted by Gasteiger charge is 2.38. The first-order valence-electron chi connectivity index (χ1n) is 9.47. The van der Waals surface area contributed by atoms with Gasteiger partial charge in [-0.1, -0.05) is 18.2 Å². The van der Waals surface area contributed by atoms with Crippen molar-refractivity contribution in [2.45, 2.75) is 6.42 Å². The molecule has 28 heavy (non-hydrogen) atoms. The van der Waals surface area contributed by atoms with Gasteiger partial charge in [-0.15, -0.1) is 0 Å². The minimum Gasteiger partial charge on any atom is -0.339 e. The number of amides is 3. The molecule has 0 N–H and O–H groups in total. The Labute approximate surface area is 163 Å². The summed E-state index contributed by atoms with van der Waals surface area (Å²) >= 11 is 0. The lowest BCUT2D eigenvalue weighted by molar-refractivity contribution is -0.137. The van der Waals surface area contributed by atoms with Crippen molar-refractivity contribution in [1.29, 1.82) is 0 Å². The van der Waals surface area contributed by atoms with E-state index >= 15 is 0 Å². The van der Waals surface area contributed by atoms with E-state index < -0.39 is 0 Å². The normalized spacial score (nSPS) is 19.8. The Balaban J connectivity index is 1.34. The lowest BCUT2D eigenvalue weighted by Gasteiger charge is -2.36. The fourth-order valence-corrected chi connectivity index (χ4v) is 3.80. The maximum absolute atomic E-state index is 12.9. The Morgan fingerprint density at radius 2 is 1.54 bits per heavy atom. The van der Waals surface area contributed by atoms with Crippen LogP contribution in [0.1, 0.15) is 16.8 Å². The number of pyridine rings is 1. The molecule has 3 heterocycles. The molecule has 2 aliphatic heterocycles. The number of rotatable bonds is 3. The molecule has 0 bridgehead atoms. The van der Waals surface area contributed by atoms with E-state index in [1.54, 1.807) is 39.2 Å². The number of carbonyl (C=O) groups excluding carboxylic acids is 3. The molecule has 0 saturated carbocycles. The molecule has 0 unspecified atom stereocenters. The Morgan fingerprint density at radius 1 is 0.893 bits per heavy atom. The molecule has 0 aliphatic carbocycles. The van der Waals surface area contributed by atoms with E-state index in [9.17, 15) is 14.4 Å². The molecular formula is C21H22N4O3. The van der Waals surface area contributed by atoms with Crippen molar-refractivity contribution in [3.8, 4) is 0 Å². The number of nitrogens with zero attached hydrogens (tertiary/aromatic N) is 4. The van der Waals surface area contributed by atoms with Crippen molar-refractivity contribution in [3.05, 3.63) is 60.4 Å². The van der Waals surface area contributed by atoms with Crippen LogP contribution in [0, 0.1) is 5.92 Å². The third-order valence-corrected chi connectivity index (χ3v) is 5.35. The number of hydrogen-bond acceptors (Lipinski definition) is 4. The molecule has 0 spiro atoms. The van der Waals surface area contributed by atoms with Crippen LogP contribution in [0.2, 0.25) is 0 Å². The maximum Gasteiger partial charge on any atom is 0.254 e. The average Bonchev–Trinajstić information content (AvgIpc) is 3.15. The molecule has 7 heteroatoms. The topological polar surface area (TPSA) is 73.8 Å². The van der Waals surface area contributed by atoms with Crippen molar-refractivity contribution in [2.24, 2.45) is 5.92 Å². The van der Waals surface area contributed by atoms with Crippen LogP contribution in [0.25, 0.3) is 0 Å². The number of piperazine rings is 1. The molecule has 2 fully saturated rings. The number of benzene rings is 1. The molecule has 144 valence electrons. The third kappa shape index (κ3) is 3.60. The van der Waals surface area contributed by atoms with Gasteiger partial charge >= 0.3 is 0 Å².